The number of nitrogens with one attached hydrogen (secondary N) is 1. The lowest BCUT2D eigenvalue weighted by Gasteiger charge is -2.21. The summed E-state index contributed by atoms with van der Waals surface area (Å²) < 4.78 is 10.9. The largest absolute Gasteiger partial charge is 0.454 e. The number of hydrogen-bond acceptors (Lipinski definition) is 6. The maximum absolute atomic E-state index is 5.51. The zero-order chi connectivity index (χ0) is 19.1. The van der Waals surface area contributed by atoms with Gasteiger partial charge in [-0.1, -0.05) is 25.3 Å². The molecule has 0 atom stereocenters. The van der Waals surface area contributed by atoms with E-state index in [1.165, 1.54) is 47.9 Å². The highest BCUT2D eigenvalue weighted by molar-refractivity contribution is 7.18. The van der Waals surface area contributed by atoms with E-state index in [0.29, 0.717) is 19.3 Å². The summed E-state index contributed by atoms with van der Waals surface area (Å²) in [6.07, 6.45) is 6.32. The maximum Gasteiger partial charge on any atom is 0.231 e. The number of anilines is 1. The van der Waals surface area contributed by atoms with Gasteiger partial charge in [0.1, 0.15) is 16.5 Å². The maximum atomic E-state index is 5.51. The average Bonchev–Trinajstić information content (AvgIpc) is 3.30. The number of nitrogens with zero attached hydrogens (tertiary/aromatic N) is 2. The quantitative estimate of drug-likeness (QED) is 0.614. The molecule has 5 nitrogen and oxygen atoms in total. The topological polar surface area (TPSA) is 56.3 Å². The van der Waals surface area contributed by atoms with Crippen molar-refractivity contribution in [3.8, 4) is 11.5 Å². The van der Waals surface area contributed by atoms with Gasteiger partial charge in [-0.2, -0.15) is 0 Å². The predicted octanol–water partition coefficient (Wildman–Crippen LogP) is 5.70. The van der Waals surface area contributed by atoms with E-state index >= 15 is 0 Å². The van der Waals surface area contributed by atoms with Gasteiger partial charge in [0.2, 0.25) is 6.79 Å². The highest BCUT2D eigenvalue weighted by Crippen LogP contribution is 2.38. The molecule has 2 aromatic heterocycles. The zero-order valence-electron chi connectivity index (χ0n) is 16.4. The van der Waals surface area contributed by atoms with Crippen LogP contribution < -0.4 is 14.8 Å². The number of aryl methyl sites for hydroxylation is 2. The normalized spacial score (nSPS) is 16.6. The van der Waals surface area contributed by atoms with Crippen molar-refractivity contribution < 1.29 is 9.47 Å². The van der Waals surface area contributed by atoms with E-state index in [9.17, 15) is 0 Å². The second-order valence-electron chi connectivity index (χ2n) is 7.77. The number of fused-ring (bicyclic) bond motifs is 2. The molecule has 1 aromatic carbocycles. The Balaban J connectivity index is 1.47. The van der Waals surface area contributed by atoms with Gasteiger partial charge < -0.3 is 14.8 Å². The summed E-state index contributed by atoms with van der Waals surface area (Å²) in [6.45, 7) is 5.34. The van der Waals surface area contributed by atoms with Crippen molar-refractivity contribution in [1.29, 1.82) is 0 Å². The van der Waals surface area contributed by atoms with E-state index in [1.54, 1.807) is 11.3 Å². The molecule has 0 saturated heterocycles. The summed E-state index contributed by atoms with van der Waals surface area (Å²) in [4.78, 5) is 12.4. The Kier molecular flexibility index (Phi) is 4.59. The van der Waals surface area contributed by atoms with Gasteiger partial charge in [-0.3, -0.25) is 0 Å². The number of aromatic nitrogens is 2. The monoisotopic (exact) mass is 395 g/mol. The Morgan fingerprint density at radius 3 is 2.75 bits per heavy atom. The van der Waals surface area contributed by atoms with Crippen LogP contribution in [0.5, 0.6) is 11.5 Å². The van der Waals surface area contributed by atoms with Crippen LogP contribution in [0.3, 0.4) is 0 Å². The molecule has 0 unspecified atom stereocenters. The molecule has 0 bridgehead atoms. The third-order valence-electron chi connectivity index (χ3n) is 5.91. The van der Waals surface area contributed by atoms with Crippen LogP contribution in [0.1, 0.15) is 59.9 Å². The third-order valence-corrected chi connectivity index (χ3v) is 7.01. The smallest absolute Gasteiger partial charge is 0.231 e. The third kappa shape index (κ3) is 3.20. The molecule has 1 fully saturated rings. The van der Waals surface area contributed by atoms with Crippen molar-refractivity contribution in [2.75, 3.05) is 12.1 Å². The SMILES string of the molecule is Cc1sc2nc(C3CCCCC3)nc(NCc3ccc4c(c3)OCO4)c2c1C. The number of hydrogen-bond donors (Lipinski definition) is 1. The molecular weight excluding hydrogens is 370 g/mol. The molecular formula is C22H25N3O2S. The van der Waals surface area contributed by atoms with Crippen LogP contribution in [0.25, 0.3) is 10.2 Å². The molecule has 6 heteroatoms. The van der Waals surface area contributed by atoms with Gasteiger partial charge in [-0.25, -0.2) is 9.97 Å². The molecule has 146 valence electrons. The van der Waals surface area contributed by atoms with E-state index in [0.717, 1.165) is 33.5 Å². The summed E-state index contributed by atoms with van der Waals surface area (Å²) in [6, 6.07) is 6.09. The minimum absolute atomic E-state index is 0.302. The van der Waals surface area contributed by atoms with E-state index < -0.39 is 0 Å². The molecule has 0 amide bonds. The van der Waals surface area contributed by atoms with Crippen LogP contribution in [-0.4, -0.2) is 16.8 Å². The van der Waals surface area contributed by atoms with Crippen LogP contribution in [0, 0.1) is 13.8 Å². The van der Waals surface area contributed by atoms with E-state index in [2.05, 4.69) is 25.2 Å². The first-order valence-electron chi connectivity index (χ1n) is 10.1. The van der Waals surface area contributed by atoms with Crippen molar-refractivity contribution >= 4 is 27.4 Å². The first-order chi connectivity index (χ1) is 13.7. The Labute approximate surface area is 169 Å². The summed E-state index contributed by atoms with van der Waals surface area (Å²) in [5.74, 6) is 4.10. The van der Waals surface area contributed by atoms with E-state index in [-0.39, 0.29) is 0 Å². The molecule has 3 aromatic rings. The molecule has 3 heterocycles. The van der Waals surface area contributed by atoms with Gasteiger partial charge in [0.15, 0.2) is 11.5 Å². The Hall–Kier alpha value is -2.34. The van der Waals surface area contributed by atoms with Crippen LogP contribution in [0.4, 0.5) is 5.82 Å². The molecule has 1 aliphatic carbocycles. The standard InChI is InChI=1S/C22H25N3O2S/c1-13-14(2)28-22-19(13)21(24-20(25-22)16-6-4-3-5-7-16)23-11-15-8-9-17-18(10-15)27-12-26-17/h8-10,16H,3-7,11-12H2,1-2H3,(H,23,24,25). The molecule has 1 aliphatic heterocycles. The Morgan fingerprint density at radius 1 is 1.07 bits per heavy atom. The van der Waals surface area contributed by atoms with Crippen molar-refractivity contribution in [3.63, 3.8) is 0 Å². The Bertz CT molecular complexity index is 1020. The van der Waals surface area contributed by atoms with Gasteiger partial charge in [0.05, 0.1) is 5.39 Å². The summed E-state index contributed by atoms with van der Waals surface area (Å²) in [5.41, 5.74) is 2.43. The average molecular weight is 396 g/mol. The molecule has 5 rings (SSSR count). The zero-order valence-corrected chi connectivity index (χ0v) is 17.2. The van der Waals surface area contributed by atoms with Crippen molar-refractivity contribution in [2.24, 2.45) is 0 Å². The van der Waals surface area contributed by atoms with E-state index in [1.807, 2.05) is 12.1 Å². The van der Waals surface area contributed by atoms with Crippen molar-refractivity contribution in [2.45, 2.75) is 58.4 Å². The highest BCUT2D eigenvalue weighted by Gasteiger charge is 2.22. The second kappa shape index (κ2) is 7.24. The molecule has 28 heavy (non-hydrogen) atoms. The van der Waals surface area contributed by atoms with Gasteiger partial charge in [0.25, 0.3) is 0 Å². The summed E-state index contributed by atoms with van der Waals surface area (Å²) >= 11 is 1.78. The van der Waals surface area contributed by atoms with Crippen molar-refractivity contribution in [3.05, 3.63) is 40.0 Å². The summed E-state index contributed by atoms with van der Waals surface area (Å²) in [7, 11) is 0. The number of ether oxygens (including phenoxy) is 2. The lowest BCUT2D eigenvalue weighted by molar-refractivity contribution is 0.174. The highest BCUT2D eigenvalue weighted by atomic mass is 32.1. The van der Waals surface area contributed by atoms with Gasteiger partial charge in [-0.15, -0.1) is 11.3 Å². The van der Waals surface area contributed by atoms with Gasteiger partial charge in [0, 0.05) is 17.3 Å². The first-order valence-corrected chi connectivity index (χ1v) is 10.9. The van der Waals surface area contributed by atoms with Crippen LogP contribution in [0.15, 0.2) is 18.2 Å². The predicted molar refractivity (Wildman–Crippen MR) is 113 cm³/mol. The summed E-state index contributed by atoms with van der Waals surface area (Å²) in [5, 5.41) is 4.76. The lowest BCUT2D eigenvalue weighted by Crippen LogP contribution is -2.11. The lowest BCUT2D eigenvalue weighted by atomic mass is 9.88. The molecule has 1 saturated carbocycles. The van der Waals surface area contributed by atoms with Gasteiger partial charge in [-0.05, 0) is 49.9 Å². The number of rotatable bonds is 4. The van der Waals surface area contributed by atoms with Crippen molar-refractivity contribution in [1.82, 2.24) is 9.97 Å². The van der Waals surface area contributed by atoms with E-state index in [4.69, 9.17) is 19.4 Å². The van der Waals surface area contributed by atoms with Crippen LogP contribution in [0.2, 0.25) is 0 Å². The second-order valence-corrected chi connectivity index (χ2v) is 8.97. The Morgan fingerprint density at radius 2 is 1.89 bits per heavy atom. The number of benzene rings is 1. The molecule has 2 aliphatic rings. The minimum atomic E-state index is 0.302. The fourth-order valence-electron chi connectivity index (χ4n) is 4.17. The first kappa shape index (κ1) is 17.7. The molecule has 0 spiro atoms. The molecule has 1 N–H and O–H groups in total. The van der Waals surface area contributed by atoms with Gasteiger partial charge >= 0.3 is 0 Å². The fraction of sp³-hybridized carbons (Fsp3) is 0.455. The molecule has 0 radical (unpaired) electrons. The van der Waals surface area contributed by atoms with Crippen LogP contribution in [-0.2, 0) is 6.54 Å². The van der Waals surface area contributed by atoms with Crippen LogP contribution >= 0.6 is 11.3 Å². The number of thiophene rings is 1. The minimum Gasteiger partial charge on any atom is -0.454 e. The fourth-order valence-corrected chi connectivity index (χ4v) is 5.21.